The summed E-state index contributed by atoms with van der Waals surface area (Å²) in [4.78, 5) is 0. The number of ether oxygens (including phenoxy) is 2. The number of rotatable bonds is 3. The van der Waals surface area contributed by atoms with E-state index in [4.69, 9.17) is 15.2 Å². The minimum atomic E-state index is -0.220. The number of fused-ring (bicyclic) bond motifs is 1. The quantitative estimate of drug-likeness (QED) is 0.918. The monoisotopic (exact) mass is 257 g/mol. The number of hydrogen-bond acceptors (Lipinski definition) is 3. The van der Waals surface area contributed by atoms with E-state index in [1.807, 2.05) is 12.1 Å². The predicted molar refractivity (Wildman–Crippen MR) is 76.8 cm³/mol. The van der Waals surface area contributed by atoms with E-state index in [1.165, 1.54) is 6.42 Å². The van der Waals surface area contributed by atoms with Crippen LogP contribution in [0.5, 0.6) is 11.5 Å². The summed E-state index contributed by atoms with van der Waals surface area (Å²) in [7, 11) is 3.39. The van der Waals surface area contributed by atoms with Crippen molar-refractivity contribution in [1.82, 2.24) is 0 Å². The molecule has 0 spiro atoms. The molecule has 1 saturated carbocycles. The lowest BCUT2D eigenvalue weighted by molar-refractivity contribution is 0.244. The van der Waals surface area contributed by atoms with Gasteiger partial charge in [0.15, 0.2) is 0 Å². The smallest absolute Gasteiger partial charge is 0.131 e. The number of hydrogen-bond donors (Lipinski definition) is 1. The largest absolute Gasteiger partial charge is 0.496 e. The molecule has 0 unspecified atom stereocenters. The molecule has 19 heavy (non-hydrogen) atoms. The Hall–Kier alpha value is -1.74. The van der Waals surface area contributed by atoms with Crippen molar-refractivity contribution < 1.29 is 9.47 Å². The molecule has 0 heterocycles. The van der Waals surface area contributed by atoms with Gasteiger partial charge in [0, 0.05) is 21.9 Å². The van der Waals surface area contributed by atoms with Crippen molar-refractivity contribution in [3.63, 3.8) is 0 Å². The SMILES string of the molecule is COc1cccc2c(OC)c(C3(N)CCC3)ccc12. The Morgan fingerprint density at radius 3 is 2.37 bits per heavy atom. The molecule has 0 bridgehead atoms. The highest BCUT2D eigenvalue weighted by atomic mass is 16.5. The van der Waals surface area contributed by atoms with Crippen molar-refractivity contribution in [1.29, 1.82) is 0 Å². The first-order valence-corrected chi connectivity index (χ1v) is 6.63. The molecule has 0 aromatic heterocycles. The lowest BCUT2D eigenvalue weighted by Gasteiger charge is -2.39. The fourth-order valence-corrected chi connectivity index (χ4v) is 2.92. The normalized spacial score (nSPS) is 17.0. The molecule has 1 fully saturated rings. The van der Waals surface area contributed by atoms with Crippen LogP contribution in [0.25, 0.3) is 10.8 Å². The standard InChI is InChI=1S/C16H19NO2/c1-18-14-6-3-5-12-11(14)7-8-13(15(12)19-2)16(17)9-4-10-16/h3,5-8H,4,9-10,17H2,1-2H3. The Morgan fingerprint density at radius 2 is 1.79 bits per heavy atom. The van der Waals surface area contributed by atoms with E-state index in [9.17, 15) is 0 Å². The topological polar surface area (TPSA) is 44.5 Å². The van der Waals surface area contributed by atoms with Crippen LogP contribution < -0.4 is 15.2 Å². The van der Waals surface area contributed by atoms with Gasteiger partial charge in [0.25, 0.3) is 0 Å². The second kappa shape index (κ2) is 4.42. The van der Waals surface area contributed by atoms with Gasteiger partial charge in [-0.1, -0.05) is 24.3 Å². The summed E-state index contributed by atoms with van der Waals surface area (Å²) in [6.45, 7) is 0. The van der Waals surface area contributed by atoms with E-state index in [2.05, 4.69) is 18.2 Å². The summed E-state index contributed by atoms with van der Waals surface area (Å²) in [6, 6.07) is 10.2. The van der Waals surface area contributed by atoms with Crippen molar-refractivity contribution in [2.75, 3.05) is 14.2 Å². The molecule has 2 N–H and O–H groups in total. The summed E-state index contributed by atoms with van der Waals surface area (Å²) in [5.74, 6) is 1.75. The van der Waals surface area contributed by atoms with Gasteiger partial charge in [-0.2, -0.15) is 0 Å². The van der Waals surface area contributed by atoms with Gasteiger partial charge in [0.05, 0.1) is 14.2 Å². The summed E-state index contributed by atoms with van der Waals surface area (Å²) in [5.41, 5.74) is 7.34. The third-order valence-electron chi connectivity index (χ3n) is 4.18. The molecule has 0 saturated heterocycles. The Balaban J connectivity index is 2.26. The minimum absolute atomic E-state index is 0.220. The van der Waals surface area contributed by atoms with E-state index in [1.54, 1.807) is 14.2 Å². The molecule has 0 aliphatic heterocycles. The summed E-state index contributed by atoms with van der Waals surface area (Å²) in [6.07, 6.45) is 3.24. The molecule has 0 radical (unpaired) electrons. The van der Waals surface area contributed by atoms with Crippen LogP contribution >= 0.6 is 0 Å². The van der Waals surface area contributed by atoms with Crippen molar-refractivity contribution in [3.05, 3.63) is 35.9 Å². The van der Waals surface area contributed by atoms with Crippen molar-refractivity contribution in [2.24, 2.45) is 5.73 Å². The average molecular weight is 257 g/mol. The first-order chi connectivity index (χ1) is 9.19. The van der Waals surface area contributed by atoms with Crippen LogP contribution in [-0.4, -0.2) is 14.2 Å². The van der Waals surface area contributed by atoms with Crippen LogP contribution in [0.2, 0.25) is 0 Å². The molecule has 2 aromatic carbocycles. The minimum Gasteiger partial charge on any atom is -0.496 e. The number of methoxy groups -OCH3 is 2. The van der Waals surface area contributed by atoms with E-state index >= 15 is 0 Å². The maximum absolute atomic E-state index is 6.45. The van der Waals surface area contributed by atoms with Crippen LogP contribution in [0.15, 0.2) is 30.3 Å². The van der Waals surface area contributed by atoms with Gasteiger partial charge in [0.2, 0.25) is 0 Å². The van der Waals surface area contributed by atoms with Crippen LogP contribution in [0.4, 0.5) is 0 Å². The average Bonchev–Trinajstić information content (AvgIpc) is 2.42. The van der Waals surface area contributed by atoms with Crippen LogP contribution in [0.1, 0.15) is 24.8 Å². The maximum Gasteiger partial charge on any atom is 0.131 e. The molecule has 0 amide bonds. The zero-order valence-corrected chi connectivity index (χ0v) is 11.4. The Kier molecular flexibility index (Phi) is 2.86. The maximum atomic E-state index is 6.45. The molecule has 2 aromatic rings. The van der Waals surface area contributed by atoms with Gasteiger partial charge >= 0.3 is 0 Å². The van der Waals surface area contributed by atoms with Gasteiger partial charge in [-0.05, 0) is 25.3 Å². The molecule has 3 rings (SSSR count). The van der Waals surface area contributed by atoms with Gasteiger partial charge in [-0.15, -0.1) is 0 Å². The van der Waals surface area contributed by atoms with Gasteiger partial charge in [0.1, 0.15) is 11.5 Å². The Bertz CT molecular complexity index is 617. The lowest BCUT2D eigenvalue weighted by Crippen LogP contribution is -2.43. The zero-order chi connectivity index (χ0) is 13.5. The van der Waals surface area contributed by atoms with Crippen molar-refractivity contribution in [3.8, 4) is 11.5 Å². The number of benzene rings is 2. The van der Waals surface area contributed by atoms with Gasteiger partial charge in [-0.25, -0.2) is 0 Å². The fourth-order valence-electron chi connectivity index (χ4n) is 2.92. The second-order valence-electron chi connectivity index (χ2n) is 5.21. The highest BCUT2D eigenvalue weighted by Gasteiger charge is 2.37. The molecule has 1 aliphatic carbocycles. The molecule has 100 valence electrons. The lowest BCUT2D eigenvalue weighted by atomic mass is 9.72. The highest BCUT2D eigenvalue weighted by Crippen LogP contribution is 2.46. The molecular weight excluding hydrogens is 238 g/mol. The van der Waals surface area contributed by atoms with Crippen molar-refractivity contribution in [2.45, 2.75) is 24.8 Å². The van der Waals surface area contributed by atoms with Gasteiger partial charge in [-0.3, -0.25) is 0 Å². The summed E-state index contributed by atoms with van der Waals surface area (Å²) in [5, 5.41) is 2.13. The number of nitrogens with two attached hydrogens (primary N) is 1. The van der Waals surface area contributed by atoms with Crippen LogP contribution in [0, 0.1) is 0 Å². The highest BCUT2D eigenvalue weighted by molar-refractivity contribution is 5.94. The predicted octanol–water partition coefficient (Wildman–Crippen LogP) is 3.19. The van der Waals surface area contributed by atoms with Gasteiger partial charge < -0.3 is 15.2 Å². The van der Waals surface area contributed by atoms with Crippen LogP contribution in [-0.2, 0) is 5.54 Å². The van der Waals surface area contributed by atoms with E-state index < -0.39 is 0 Å². The third-order valence-corrected chi connectivity index (χ3v) is 4.18. The molecule has 3 nitrogen and oxygen atoms in total. The first-order valence-electron chi connectivity index (χ1n) is 6.63. The molecule has 0 atom stereocenters. The fraction of sp³-hybridized carbons (Fsp3) is 0.375. The molecule has 3 heteroatoms. The van der Waals surface area contributed by atoms with Crippen molar-refractivity contribution >= 4 is 10.8 Å². The second-order valence-corrected chi connectivity index (χ2v) is 5.21. The van der Waals surface area contributed by atoms with E-state index in [-0.39, 0.29) is 5.54 Å². The summed E-state index contributed by atoms with van der Waals surface area (Å²) < 4.78 is 11.1. The first kappa shape index (κ1) is 12.3. The zero-order valence-electron chi connectivity index (χ0n) is 11.4. The molecular formula is C16H19NO2. The van der Waals surface area contributed by atoms with Crippen LogP contribution in [0.3, 0.4) is 0 Å². The van der Waals surface area contributed by atoms with E-state index in [0.717, 1.165) is 40.7 Å². The van der Waals surface area contributed by atoms with E-state index in [0.29, 0.717) is 0 Å². The third kappa shape index (κ3) is 1.77. The molecule has 1 aliphatic rings. The Morgan fingerprint density at radius 1 is 1.00 bits per heavy atom. The Labute approximate surface area is 113 Å². The summed E-state index contributed by atoms with van der Waals surface area (Å²) >= 11 is 0.